The Labute approximate surface area is 905 Å². The molecule has 782 valence electrons. The normalized spacial score (nSPS) is 18.1. The van der Waals surface area contributed by atoms with E-state index in [0.29, 0.717) is 62.5 Å². The van der Waals surface area contributed by atoms with Crippen LogP contribution in [0.25, 0.3) is 44.5 Å². The van der Waals surface area contributed by atoms with Crippen molar-refractivity contribution in [1.29, 1.82) is 0 Å². The highest BCUT2D eigenvalue weighted by atomic mass is 35.5. The SMILES string of the molecule is O=C(CNC1(c2ccc(-c3ccc(Cl)c(Cl)c3)cc2)CCN(C2CCCC2)CC1)Nc1ccc(F)c(Cl)c1.O=C(CNC1(c2ccc(-c3ccc(F)cc3)cc2)CCN(C2CCCC2)CC1)Nc1ccc(F)c(Cl)c1.O=C(CNC1(c2ccc(-c3ccccc3Cl)cc2)CCN(C2CCCC2)CC1)Nc1ccc(F)c(Cl)c1.O=C(CNC1(c2ccc(-c3ccccc3F)cc2)CCN(C2CCCC2)CC1)Nc1ccc(F)c(Cl)c1. The zero-order valence-electron chi connectivity index (χ0n) is 83.4. The third kappa shape index (κ3) is 28.5. The van der Waals surface area contributed by atoms with Crippen LogP contribution in [0.4, 0.5) is 49.1 Å². The molecule has 4 aliphatic carbocycles. The number of rotatable bonds is 28. The van der Waals surface area contributed by atoms with Crippen LogP contribution in [0.2, 0.25) is 35.2 Å². The van der Waals surface area contributed by atoms with E-state index in [2.05, 4.69) is 147 Å². The molecule has 0 unspecified atom stereocenters. The summed E-state index contributed by atoms with van der Waals surface area (Å²) >= 11 is 42.3. The fourth-order valence-electron chi connectivity index (χ4n) is 23.2. The van der Waals surface area contributed by atoms with E-state index in [-0.39, 0.29) is 104 Å². The van der Waals surface area contributed by atoms with E-state index >= 15 is 0 Å². The van der Waals surface area contributed by atoms with Crippen molar-refractivity contribution in [2.24, 2.45) is 0 Å². The molecule has 4 amide bonds. The first-order valence-corrected chi connectivity index (χ1v) is 54.9. The van der Waals surface area contributed by atoms with E-state index in [9.17, 15) is 45.5 Å². The molecule has 0 radical (unpaired) electrons. The van der Waals surface area contributed by atoms with E-state index in [1.54, 1.807) is 24.3 Å². The number of amides is 4. The number of halogens is 13. The molecule has 0 aromatic heterocycles. The van der Waals surface area contributed by atoms with Crippen LogP contribution in [-0.4, -0.2) is 146 Å². The zero-order chi connectivity index (χ0) is 104. The van der Waals surface area contributed by atoms with Crippen molar-refractivity contribution < 1.29 is 45.5 Å². The van der Waals surface area contributed by atoms with Crippen LogP contribution < -0.4 is 42.5 Å². The molecule has 12 aromatic rings. The Balaban J connectivity index is 0.000000135. The molecule has 4 heterocycles. The van der Waals surface area contributed by atoms with Gasteiger partial charge in [-0.2, -0.15) is 0 Å². The Hall–Kier alpha value is -10.2. The molecule has 4 saturated heterocycles. The van der Waals surface area contributed by atoms with Crippen LogP contribution in [0, 0.1) is 34.9 Å². The lowest BCUT2D eigenvalue weighted by Gasteiger charge is -2.45. The van der Waals surface area contributed by atoms with Gasteiger partial charge in [-0.25, -0.2) is 26.3 Å². The standard InChI is InChI=1S/C30H31Cl3FN3O.C30H32Cl2FN3O.2C30H32ClF2N3O/c31-25-11-7-21(17-26(25)32)20-5-8-22(9-6-20)30(13-15-37(16-14-30)24-3-1-2-4-24)35-19-29(38)36-23-10-12-28(34)27(33)18-23;31-26-8-4-3-7-25(26)21-9-11-22(12-10-21)30(15-17-36(18-16-30)24-5-1-2-6-24)34-20-29(37)35-23-13-14-28(33)27(32)19-23;31-26-19-23(13-14-28(26)33)35-29(37)20-34-30(15-17-36(18-16-30)24-5-1-2-6-24)22-11-9-21(10-12-22)25-7-3-4-8-27(25)32;31-27-19-25(13-14-28(27)33)35-29(37)20-34-30(15-17-36(18-16-30)26-3-1-2-4-26)23-9-5-21(6-10-23)22-7-11-24(32)12-8-22/h5-12,17-18,24,35H,1-4,13-16,19H2,(H,36,38);2*3-4,7-14,19,24,34H,1-2,5-6,15-18,20H2,(H,35,37);5-14,19,26,34H,1-4,15-18,20H2,(H,35,37). The molecule has 4 aliphatic heterocycles. The molecular formula is C120H127Cl7F6N12O4. The van der Waals surface area contributed by atoms with Gasteiger partial charge in [0.2, 0.25) is 23.6 Å². The molecular weight excluding hydrogens is 2040 g/mol. The minimum atomic E-state index is -0.524. The summed E-state index contributed by atoms with van der Waals surface area (Å²) in [4.78, 5) is 61.8. The number of carbonyl (C=O) groups excluding carboxylic acids is 4. The number of piperidine rings is 4. The summed E-state index contributed by atoms with van der Waals surface area (Å²) in [6, 6.07) is 79.6. The van der Waals surface area contributed by atoms with E-state index in [0.717, 1.165) is 164 Å². The first-order valence-electron chi connectivity index (χ1n) is 52.2. The Morgan fingerprint density at radius 2 is 0.490 bits per heavy atom. The second-order valence-electron chi connectivity index (χ2n) is 40.8. The largest absolute Gasteiger partial charge is 0.325 e. The lowest BCUT2D eigenvalue weighted by atomic mass is 9.79. The van der Waals surface area contributed by atoms with Crippen molar-refractivity contribution in [3.63, 3.8) is 0 Å². The minimum Gasteiger partial charge on any atom is -0.325 e. The van der Waals surface area contributed by atoms with Gasteiger partial charge in [0.05, 0.1) is 56.3 Å². The predicted molar refractivity (Wildman–Crippen MR) is 594 cm³/mol. The molecule has 149 heavy (non-hydrogen) atoms. The topological polar surface area (TPSA) is 177 Å². The van der Waals surface area contributed by atoms with Crippen molar-refractivity contribution in [1.82, 2.24) is 40.9 Å². The number of nitrogens with one attached hydrogen (secondary N) is 8. The summed E-state index contributed by atoms with van der Waals surface area (Å²) in [7, 11) is 0. The van der Waals surface area contributed by atoms with Gasteiger partial charge in [0.1, 0.15) is 34.9 Å². The Kier molecular flexibility index (Phi) is 38.0. The summed E-state index contributed by atoms with van der Waals surface area (Å²) < 4.78 is 81.7. The van der Waals surface area contributed by atoms with E-state index in [1.165, 1.54) is 199 Å². The van der Waals surface area contributed by atoms with Gasteiger partial charge in [-0.1, -0.05) is 284 Å². The maximum absolute atomic E-state index is 14.3. The fraction of sp³-hybridized carbons (Fsp3) is 0.367. The second kappa shape index (κ2) is 51.5. The van der Waals surface area contributed by atoms with Gasteiger partial charge in [0.15, 0.2) is 0 Å². The molecule has 0 bridgehead atoms. The summed E-state index contributed by atoms with van der Waals surface area (Å²) in [5.74, 6) is -3.37. The first-order chi connectivity index (χ1) is 72.1. The maximum atomic E-state index is 14.3. The van der Waals surface area contributed by atoms with Crippen molar-refractivity contribution in [2.45, 2.75) is 200 Å². The van der Waals surface area contributed by atoms with Gasteiger partial charge in [-0.05, 0) is 268 Å². The third-order valence-electron chi connectivity index (χ3n) is 31.7. The highest BCUT2D eigenvalue weighted by Crippen LogP contribution is 2.45. The van der Waals surface area contributed by atoms with Crippen molar-refractivity contribution in [3.05, 3.63) is 353 Å². The predicted octanol–water partition coefficient (Wildman–Crippen LogP) is 28.7. The number of hydrogen-bond acceptors (Lipinski definition) is 12. The molecule has 4 saturated carbocycles. The monoisotopic (exact) mass is 2160 g/mol. The van der Waals surface area contributed by atoms with Crippen LogP contribution in [0.15, 0.2) is 261 Å². The Morgan fingerprint density at radius 1 is 0.242 bits per heavy atom. The number of carbonyl (C=O) groups is 4. The number of anilines is 4. The number of likely N-dealkylation sites (tertiary alicyclic amines) is 4. The second-order valence-corrected chi connectivity index (χ2v) is 43.6. The smallest absolute Gasteiger partial charge is 0.238 e. The van der Waals surface area contributed by atoms with Crippen LogP contribution in [-0.2, 0) is 41.3 Å². The van der Waals surface area contributed by atoms with Gasteiger partial charge in [0.25, 0.3) is 0 Å². The number of nitrogens with zero attached hydrogens (tertiary/aromatic N) is 4. The third-order valence-corrected chi connectivity index (χ3v) is 33.9. The minimum absolute atomic E-state index is 0.0138. The first kappa shape index (κ1) is 110. The molecule has 16 nitrogen and oxygen atoms in total. The molecule has 8 aliphatic rings. The average molecular weight is 2160 g/mol. The lowest BCUT2D eigenvalue weighted by Crippen LogP contribution is -2.54. The van der Waals surface area contributed by atoms with Crippen molar-refractivity contribution in [3.8, 4) is 44.5 Å². The lowest BCUT2D eigenvalue weighted by molar-refractivity contribution is -0.116. The molecule has 0 spiro atoms. The summed E-state index contributed by atoms with van der Waals surface area (Å²) in [5, 5.41) is 27.3. The van der Waals surface area contributed by atoms with Gasteiger partial charge in [-0.15, -0.1) is 0 Å². The Bertz CT molecular complexity index is 6350. The average Bonchev–Trinajstić information content (AvgIpc) is 1.69. The number of hydrogen-bond donors (Lipinski definition) is 8. The van der Waals surface area contributed by atoms with E-state index in [4.69, 9.17) is 81.2 Å². The highest BCUT2D eigenvalue weighted by Gasteiger charge is 2.44. The Morgan fingerprint density at radius 3 is 0.765 bits per heavy atom. The summed E-state index contributed by atoms with van der Waals surface area (Å²) in [5.41, 5.74) is 12.6. The van der Waals surface area contributed by atoms with Crippen LogP contribution in [0.3, 0.4) is 0 Å². The number of benzene rings is 12. The van der Waals surface area contributed by atoms with Crippen LogP contribution in [0.1, 0.15) is 176 Å². The zero-order valence-corrected chi connectivity index (χ0v) is 88.7. The van der Waals surface area contributed by atoms with Crippen LogP contribution >= 0.6 is 81.2 Å². The molecule has 0 atom stereocenters. The quantitative estimate of drug-likeness (QED) is 0.0218. The molecule has 8 N–H and O–H groups in total. The van der Waals surface area contributed by atoms with Crippen molar-refractivity contribution in [2.75, 3.05) is 99.8 Å². The summed E-state index contributed by atoms with van der Waals surface area (Å²) in [6.07, 6.45) is 27.9. The molecule has 12 aromatic carbocycles. The fourth-order valence-corrected chi connectivity index (χ4v) is 24.4. The van der Waals surface area contributed by atoms with Gasteiger partial charge < -0.3 is 40.9 Å². The molecule has 20 rings (SSSR count). The molecule has 29 heteroatoms. The van der Waals surface area contributed by atoms with Crippen LogP contribution in [0.5, 0.6) is 0 Å². The van der Waals surface area contributed by atoms with Gasteiger partial charge >= 0.3 is 0 Å². The highest BCUT2D eigenvalue weighted by molar-refractivity contribution is 6.42. The molecule has 8 fully saturated rings. The van der Waals surface area contributed by atoms with E-state index in [1.807, 2.05) is 60.7 Å². The van der Waals surface area contributed by atoms with Gasteiger partial charge in [0, 0.05) is 138 Å². The van der Waals surface area contributed by atoms with E-state index < -0.39 is 23.3 Å². The van der Waals surface area contributed by atoms with Crippen molar-refractivity contribution >= 4 is 128 Å². The van der Waals surface area contributed by atoms with Gasteiger partial charge in [-0.3, -0.25) is 40.4 Å². The maximum Gasteiger partial charge on any atom is 0.238 e. The summed E-state index contributed by atoms with van der Waals surface area (Å²) in [6.45, 7) is 8.35.